The molecule has 1 aromatic carbocycles. The molecule has 0 aliphatic heterocycles. The first-order valence-electron chi connectivity index (χ1n) is 5.18. The minimum atomic E-state index is -0.385. The molecule has 4 heteroatoms. The molecular formula is C13H15FO3. The molecule has 0 aliphatic carbocycles. The third-order valence-electron chi connectivity index (χ3n) is 2.27. The summed E-state index contributed by atoms with van der Waals surface area (Å²) in [5.41, 5.74) is 1.20. The minimum Gasteiger partial charge on any atom is -0.489 e. The normalized spacial score (nSPS) is 11.2. The Labute approximate surface area is 99.9 Å². The fourth-order valence-electron chi connectivity index (χ4n) is 1.28. The molecule has 0 unspecified atom stereocenters. The van der Waals surface area contributed by atoms with E-state index in [0.29, 0.717) is 16.9 Å². The van der Waals surface area contributed by atoms with Gasteiger partial charge in [-0.25, -0.2) is 9.18 Å². The largest absolute Gasteiger partial charge is 0.489 e. The van der Waals surface area contributed by atoms with Gasteiger partial charge >= 0.3 is 5.97 Å². The van der Waals surface area contributed by atoms with Crippen LogP contribution in [0.4, 0.5) is 4.39 Å². The molecule has 1 aromatic rings. The highest BCUT2D eigenvalue weighted by Gasteiger charge is 2.03. The van der Waals surface area contributed by atoms with Crippen molar-refractivity contribution in [3.05, 3.63) is 41.2 Å². The number of carbonyl (C=O) groups excluding carboxylic acids is 1. The van der Waals surface area contributed by atoms with Gasteiger partial charge in [0.15, 0.2) is 0 Å². The second-order valence-corrected chi connectivity index (χ2v) is 3.60. The summed E-state index contributed by atoms with van der Waals surface area (Å²) in [5, 5.41) is 0. The smallest absolute Gasteiger partial charge is 0.333 e. The Balaban J connectivity index is 2.59. The van der Waals surface area contributed by atoms with Crippen molar-refractivity contribution in [2.24, 2.45) is 0 Å². The minimum absolute atomic E-state index is 0.243. The predicted molar refractivity (Wildman–Crippen MR) is 62.4 cm³/mol. The van der Waals surface area contributed by atoms with Crippen LogP contribution in [0.5, 0.6) is 5.75 Å². The van der Waals surface area contributed by atoms with Gasteiger partial charge in [-0.15, -0.1) is 0 Å². The van der Waals surface area contributed by atoms with Gasteiger partial charge in [0.1, 0.15) is 18.2 Å². The van der Waals surface area contributed by atoms with Crippen molar-refractivity contribution in [1.29, 1.82) is 0 Å². The Morgan fingerprint density at radius 2 is 2.18 bits per heavy atom. The third kappa shape index (κ3) is 3.90. The Morgan fingerprint density at radius 1 is 1.47 bits per heavy atom. The number of aryl methyl sites for hydroxylation is 1. The number of benzene rings is 1. The van der Waals surface area contributed by atoms with E-state index in [-0.39, 0.29) is 18.4 Å². The van der Waals surface area contributed by atoms with E-state index in [0.717, 1.165) is 0 Å². The van der Waals surface area contributed by atoms with Gasteiger partial charge in [0.25, 0.3) is 0 Å². The topological polar surface area (TPSA) is 35.5 Å². The molecule has 0 saturated heterocycles. The summed E-state index contributed by atoms with van der Waals surface area (Å²) >= 11 is 0. The van der Waals surface area contributed by atoms with E-state index in [1.165, 1.54) is 19.2 Å². The molecule has 17 heavy (non-hydrogen) atoms. The van der Waals surface area contributed by atoms with Crippen LogP contribution in [0.2, 0.25) is 0 Å². The first kappa shape index (κ1) is 13.2. The van der Waals surface area contributed by atoms with Gasteiger partial charge < -0.3 is 9.47 Å². The van der Waals surface area contributed by atoms with Gasteiger partial charge in [0.2, 0.25) is 0 Å². The lowest BCUT2D eigenvalue weighted by atomic mass is 10.2. The van der Waals surface area contributed by atoms with Gasteiger partial charge in [-0.1, -0.05) is 0 Å². The molecular weight excluding hydrogens is 223 g/mol. The summed E-state index contributed by atoms with van der Waals surface area (Å²) in [4.78, 5) is 11.1. The maximum absolute atomic E-state index is 12.8. The number of halogens is 1. The van der Waals surface area contributed by atoms with Crippen molar-refractivity contribution in [2.45, 2.75) is 13.8 Å². The van der Waals surface area contributed by atoms with Crippen LogP contribution in [0.3, 0.4) is 0 Å². The van der Waals surface area contributed by atoms with Crippen molar-refractivity contribution in [3.63, 3.8) is 0 Å². The summed E-state index contributed by atoms with van der Waals surface area (Å²) in [6.07, 6.45) is 1.62. The van der Waals surface area contributed by atoms with Crippen LogP contribution in [0.25, 0.3) is 0 Å². The highest BCUT2D eigenvalue weighted by Crippen LogP contribution is 2.18. The number of carbonyl (C=O) groups is 1. The molecule has 0 N–H and O–H groups in total. The number of methoxy groups -OCH3 is 1. The van der Waals surface area contributed by atoms with Gasteiger partial charge in [0.05, 0.1) is 7.11 Å². The molecule has 0 saturated carbocycles. The van der Waals surface area contributed by atoms with Crippen molar-refractivity contribution in [1.82, 2.24) is 0 Å². The highest BCUT2D eigenvalue weighted by molar-refractivity contribution is 5.87. The van der Waals surface area contributed by atoms with Gasteiger partial charge in [0, 0.05) is 5.57 Å². The summed E-state index contributed by atoms with van der Waals surface area (Å²) in [5.74, 6) is -0.0825. The Bertz CT molecular complexity index is 438. The number of esters is 1. The molecule has 0 radical (unpaired) electrons. The summed E-state index contributed by atoms with van der Waals surface area (Å²) < 4.78 is 22.8. The monoisotopic (exact) mass is 238 g/mol. The molecule has 92 valence electrons. The number of rotatable bonds is 4. The lowest BCUT2D eigenvalue weighted by Gasteiger charge is -2.07. The highest BCUT2D eigenvalue weighted by atomic mass is 19.1. The third-order valence-corrected chi connectivity index (χ3v) is 2.27. The number of hydrogen-bond acceptors (Lipinski definition) is 3. The molecule has 0 fully saturated rings. The van der Waals surface area contributed by atoms with E-state index in [4.69, 9.17) is 4.74 Å². The molecule has 0 heterocycles. The van der Waals surface area contributed by atoms with Crippen molar-refractivity contribution >= 4 is 5.97 Å². The average molecular weight is 238 g/mol. The van der Waals surface area contributed by atoms with Crippen LogP contribution in [0.15, 0.2) is 29.8 Å². The summed E-state index contributed by atoms with van der Waals surface area (Å²) in [7, 11) is 1.32. The lowest BCUT2D eigenvalue weighted by molar-refractivity contribution is -0.136. The number of ether oxygens (including phenoxy) is 2. The SMILES string of the molecule is COC(=O)/C(C)=C/COc1ccc(F)cc1C. The zero-order chi connectivity index (χ0) is 12.8. The standard InChI is InChI=1S/C13H15FO3/c1-9(13(15)16-3)6-7-17-12-5-4-11(14)8-10(12)2/h4-6,8H,7H2,1-3H3/b9-6+. The Morgan fingerprint density at radius 3 is 2.76 bits per heavy atom. The second-order valence-electron chi connectivity index (χ2n) is 3.60. The second kappa shape index (κ2) is 6.03. The Hall–Kier alpha value is -1.84. The van der Waals surface area contributed by atoms with Crippen LogP contribution < -0.4 is 4.74 Å². The van der Waals surface area contributed by atoms with Crippen molar-refractivity contribution < 1.29 is 18.7 Å². The maximum atomic E-state index is 12.8. The summed E-state index contributed by atoms with van der Waals surface area (Å²) in [6.45, 7) is 3.65. The van der Waals surface area contributed by atoms with Crippen LogP contribution >= 0.6 is 0 Å². The molecule has 0 bridgehead atoms. The Kier molecular flexibility index (Phi) is 4.69. The molecule has 0 aromatic heterocycles. The summed E-state index contributed by atoms with van der Waals surface area (Å²) in [6, 6.07) is 4.29. The first-order valence-corrected chi connectivity index (χ1v) is 5.18. The zero-order valence-corrected chi connectivity index (χ0v) is 10.1. The fraction of sp³-hybridized carbons (Fsp3) is 0.308. The van der Waals surface area contributed by atoms with Crippen molar-refractivity contribution in [3.8, 4) is 5.75 Å². The fourth-order valence-corrected chi connectivity index (χ4v) is 1.28. The predicted octanol–water partition coefficient (Wildman–Crippen LogP) is 2.63. The van der Waals surface area contributed by atoms with Crippen LogP contribution in [-0.2, 0) is 9.53 Å². The average Bonchev–Trinajstić information content (AvgIpc) is 2.30. The quantitative estimate of drug-likeness (QED) is 0.597. The molecule has 0 aliphatic rings. The lowest BCUT2D eigenvalue weighted by Crippen LogP contribution is -2.04. The molecule has 1 rings (SSSR count). The van der Waals surface area contributed by atoms with Crippen LogP contribution in [0.1, 0.15) is 12.5 Å². The van der Waals surface area contributed by atoms with Gasteiger partial charge in [-0.2, -0.15) is 0 Å². The van der Waals surface area contributed by atoms with Gasteiger partial charge in [-0.3, -0.25) is 0 Å². The van der Waals surface area contributed by atoms with E-state index in [1.54, 1.807) is 26.0 Å². The molecule has 0 amide bonds. The maximum Gasteiger partial charge on any atom is 0.333 e. The van der Waals surface area contributed by atoms with Gasteiger partial charge in [-0.05, 0) is 43.7 Å². The zero-order valence-electron chi connectivity index (χ0n) is 10.1. The van der Waals surface area contributed by atoms with E-state index in [2.05, 4.69) is 4.74 Å². The first-order chi connectivity index (χ1) is 8.04. The number of hydrogen-bond donors (Lipinski definition) is 0. The van der Waals surface area contributed by atoms with Crippen LogP contribution in [0, 0.1) is 12.7 Å². The van der Waals surface area contributed by atoms with E-state index < -0.39 is 0 Å². The van der Waals surface area contributed by atoms with E-state index in [9.17, 15) is 9.18 Å². The molecule has 3 nitrogen and oxygen atoms in total. The van der Waals surface area contributed by atoms with E-state index in [1.807, 2.05) is 0 Å². The van der Waals surface area contributed by atoms with Crippen LogP contribution in [-0.4, -0.2) is 19.7 Å². The molecule has 0 spiro atoms. The van der Waals surface area contributed by atoms with E-state index >= 15 is 0 Å². The molecule has 0 atom stereocenters. The van der Waals surface area contributed by atoms with Crippen molar-refractivity contribution in [2.75, 3.05) is 13.7 Å².